The SMILES string of the molecule is Cc1cnc(C(=O)N(C)[C@H](C)c2ccc(S(C)(=O)=O)cc2)cn1. The Kier molecular flexibility index (Phi) is 4.79. The molecular formula is C16H19N3O3S. The molecule has 2 rings (SSSR count). The number of hydrogen-bond donors (Lipinski definition) is 0. The summed E-state index contributed by atoms with van der Waals surface area (Å²) in [4.78, 5) is 22.4. The summed E-state index contributed by atoms with van der Waals surface area (Å²) in [7, 11) is -1.55. The zero-order valence-electron chi connectivity index (χ0n) is 13.5. The minimum atomic E-state index is -3.23. The van der Waals surface area contributed by atoms with Gasteiger partial charge in [0.1, 0.15) is 5.69 Å². The molecule has 6 nitrogen and oxygen atoms in total. The second-order valence-corrected chi connectivity index (χ2v) is 7.49. The van der Waals surface area contributed by atoms with Crippen molar-refractivity contribution in [1.29, 1.82) is 0 Å². The van der Waals surface area contributed by atoms with Gasteiger partial charge in [-0.15, -0.1) is 0 Å². The van der Waals surface area contributed by atoms with Crippen LogP contribution >= 0.6 is 0 Å². The Labute approximate surface area is 136 Å². The van der Waals surface area contributed by atoms with Crippen LogP contribution in [-0.2, 0) is 9.84 Å². The third kappa shape index (κ3) is 3.92. The number of hydrogen-bond acceptors (Lipinski definition) is 5. The van der Waals surface area contributed by atoms with E-state index in [1.165, 1.54) is 6.20 Å². The number of sulfone groups is 1. The lowest BCUT2D eigenvalue weighted by molar-refractivity contribution is 0.0736. The van der Waals surface area contributed by atoms with Gasteiger partial charge in [0.15, 0.2) is 9.84 Å². The predicted octanol–water partition coefficient (Wildman–Crippen LogP) is 2.02. The number of rotatable bonds is 4. The van der Waals surface area contributed by atoms with E-state index in [4.69, 9.17) is 0 Å². The second-order valence-electron chi connectivity index (χ2n) is 5.48. The lowest BCUT2D eigenvalue weighted by Gasteiger charge is -2.25. The van der Waals surface area contributed by atoms with Crippen LogP contribution in [0.5, 0.6) is 0 Å². The summed E-state index contributed by atoms with van der Waals surface area (Å²) < 4.78 is 23.0. The number of aryl methyl sites for hydroxylation is 1. The highest BCUT2D eigenvalue weighted by molar-refractivity contribution is 7.90. The van der Waals surface area contributed by atoms with Gasteiger partial charge in [-0.3, -0.25) is 9.78 Å². The maximum Gasteiger partial charge on any atom is 0.274 e. The highest BCUT2D eigenvalue weighted by Gasteiger charge is 2.20. The minimum Gasteiger partial charge on any atom is -0.334 e. The summed E-state index contributed by atoms with van der Waals surface area (Å²) in [5.74, 6) is -0.239. The zero-order valence-corrected chi connectivity index (χ0v) is 14.3. The Morgan fingerprint density at radius 3 is 2.22 bits per heavy atom. The lowest BCUT2D eigenvalue weighted by Crippen LogP contribution is -2.30. The first-order valence-corrected chi connectivity index (χ1v) is 8.95. The fraction of sp³-hybridized carbons (Fsp3) is 0.312. The molecule has 1 aromatic carbocycles. The first-order valence-electron chi connectivity index (χ1n) is 7.06. The lowest BCUT2D eigenvalue weighted by atomic mass is 10.1. The van der Waals surface area contributed by atoms with Gasteiger partial charge in [-0.25, -0.2) is 13.4 Å². The standard InChI is InChI=1S/C16H19N3O3S/c1-11-9-18-15(10-17-11)16(20)19(3)12(2)13-5-7-14(8-6-13)23(4,21)22/h5-10,12H,1-4H3/t12-/m1/s1. The van der Waals surface area contributed by atoms with E-state index in [-0.39, 0.29) is 22.5 Å². The topological polar surface area (TPSA) is 80.2 Å². The molecule has 0 aliphatic carbocycles. The first kappa shape index (κ1) is 17.1. The molecule has 0 radical (unpaired) electrons. The molecule has 0 spiro atoms. The summed E-state index contributed by atoms with van der Waals surface area (Å²) >= 11 is 0. The number of carbonyl (C=O) groups excluding carboxylic acids is 1. The minimum absolute atomic E-state index is 0.223. The van der Waals surface area contributed by atoms with Crippen molar-refractivity contribution in [3.05, 3.63) is 53.6 Å². The molecule has 0 bridgehead atoms. The number of carbonyl (C=O) groups is 1. The number of benzene rings is 1. The van der Waals surface area contributed by atoms with E-state index in [1.807, 2.05) is 6.92 Å². The van der Waals surface area contributed by atoms with Crippen molar-refractivity contribution < 1.29 is 13.2 Å². The van der Waals surface area contributed by atoms with Gasteiger partial charge in [-0.05, 0) is 31.5 Å². The van der Waals surface area contributed by atoms with E-state index < -0.39 is 9.84 Å². The van der Waals surface area contributed by atoms with Crippen molar-refractivity contribution in [3.63, 3.8) is 0 Å². The van der Waals surface area contributed by atoms with Crippen molar-refractivity contribution in [3.8, 4) is 0 Å². The number of nitrogens with zero attached hydrogens (tertiary/aromatic N) is 3. The molecule has 0 fully saturated rings. The molecule has 0 N–H and O–H groups in total. The Hall–Kier alpha value is -2.28. The highest BCUT2D eigenvalue weighted by atomic mass is 32.2. The van der Waals surface area contributed by atoms with Crippen LogP contribution in [0.25, 0.3) is 0 Å². The average molecular weight is 333 g/mol. The normalized spacial score (nSPS) is 12.7. The summed E-state index contributed by atoms with van der Waals surface area (Å²) in [5, 5.41) is 0. The summed E-state index contributed by atoms with van der Waals surface area (Å²) in [6, 6.07) is 6.30. The van der Waals surface area contributed by atoms with Crippen molar-refractivity contribution >= 4 is 15.7 Å². The van der Waals surface area contributed by atoms with Crippen molar-refractivity contribution in [2.24, 2.45) is 0 Å². The molecule has 1 heterocycles. The Morgan fingerprint density at radius 2 is 1.74 bits per heavy atom. The molecule has 7 heteroatoms. The highest BCUT2D eigenvalue weighted by Crippen LogP contribution is 2.22. The van der Waals surface area contributed by atoms with Crippen LogP contribution in [0.15, 0.2) is 41.6 Å². The van der Waals surface area contributed by atoms with Crippen LogP contribution in [0.1, 0.15) is 34.7 Å². The fourth-order valence-corrected chi connectivity index (χ4v) is 2.71. The maximum atomic E-state index is 12.4. The summed E-state index contributed by atoms with van der Waals surface area (Å²) in [6.45, 7) is 3.67. The smallest absolute Gasteiger partial charge is 0.274 e. The van der Waals surface area contributed by atoms with E-state index >= 15 is 0 Å². The van der Waals surface area contributed by atoms with E-state index in [2.05, 4.69) is 9.97 Å². The number of amides is 1. The molecule has 1 atom stereocenters. The summed E-state index contributed by atoms with van der Waals surface area (Å²) in [6.07, 6.45) is 4.16. The molecule has 0 saturated carbocycles. The fourth-order valence-electron chi connectivity index (χ4n) is 2.08. The van der Waals surface area contributed by atoms with Gasteiger partial charge in [-0.2, -0.15) is 0 Å². The first-order chi connectivity index (χ1) is 10.7. The monoisotopic (exact) mass is 333 g/mol. The molecule has 0 aliphatic rings. The Bertz CT molecular complexity index is 799. The van der Waals surface area contributed by atoms with Gasteiger partial charge in [0, 0.05) is 19.5 Å². The zero-order chi connectivity index (χ0) is 17.2. The molecule has 122 valence electrons. The third-order valence-corrected chi connectivity index (χ3v) is 4.82. The van der Waals surface area contributed by atoms with Crippen LogP contribution in [0, 0.1) is 6.92 Å². The van der Waals surface area contributed by atoms with Gasteiger partial charge in [0.25, 0.3) is 5.91 Å². The van der Waals surface area contributed by atoms with Gasteiger partial charge in [0.2, 0.25) is 0 Å². The molecule has 23 heavy (non-hydrogen) atoms. The van der Waals surface area contributed by atoms with Crippen LogP contribution in [0.3, 0.4) is 0 Å². The largest absolute Gasteiger partial charge is 0.334 e. The molecule has 0 saturated heterocycles. The van der Waals surface area contributed by atoms with E-state index in [9.17, 15) is 13.2 Å². The molecule has 2 aromatic rings. The van der Waals surface area contributed by atoms with E-state index in [0.717, 1.165) is 17.5 Å². The van der Waals surface area contributed by atoms with Gasteiger partial charge >= 0.3 is 0 Å². The van der Waals surface area contributed by atoms with Crippen molar-refractivity contribution in [1.82, 2.24) is 14.9 Å². The molecule has 0 unspecified atom stereocenters. The summed E-state index contributed by atoms with van der Waals surface area (Å²) in [5.41, 5.74) is 1.86. The van der Waals surface area contributed by atoms with Crippen LogP contribution in [-0.4, -0.2) is 42.5 Å². The predicted molar refractivity (Wildman–Crippen MR) is 86.8 cm³/mol. The maximum absolute atomic E-state index is 12.4. The number of aromatic nitrogens is 2. The van der Waals surface area contributed by atoms with Crippen LogP contribution in [0.4, 0.5) is 0 Å². The Morgan fingerprint density at radius 1 is 1.13 bits per heavy atom. The van der Waals surface area contributed by atoms with Crippen molar-refractivity contribution in [2.75, 3.05) is 13.3 Å². The van der Waals surface area contributed by atoms with Gasteiger partial charge in [-0.1, -0.05) is 12.1 Å². The van der Waals surface area contributed by atoms with Gasteiger partial charge in [0.05, 0.1) is 22.8 Å². The average Bonchev–Trinajstić information content (AvgIpc) is 2.53. The third-order valence-electron chi connectivity index (χ3n) is 3.69. The molecular weight excluding hydrogens is 314 g/mol. The molecule has 0 aliphatic heterocycles. The van der Waals surface area contributed by atoms with Gasteiger partial charge < -0.3 is 4.90 Å². The van der Waals surface area contributed by atoms with E-state index in [0.29, 0.717) is 0 Å². The van der Waals surface area contributed by atoms with Crippen LogP contribution < -0.4 is 0 Å². The second kappa shape index (κ2) is 6.45. The van der Waals surface area contributed by atoms with E-state index in [1.54, 1.807) is 49.3 Å². The van der Waals surface area contributed by atoms with Crippen molar-refractivity contribution in [2.45, 2.75) is 24.8 Å². The Balaban J connectivity index is 2.20. The molecule has 1 amide bonds. The molecule has 1 aromatic heterocycles. The quantitative estimate of drug-likeness (QED) is 0.855. The van der Waals surface area contributed by atoms with Crippen LogP contribution in [0.2, 0.25) is 0 Å².